The van der Waals surface area contributed by atoms with E-state index in [9.17, 15) is 5.11 Å². The average molecular weight is 326 g/mol. The lowest BCUT2D eigenvalue weighted by Gasteiger charge is -2.24. The van der Waals surface area contributed by atoms with E-state index in [4.69, 9.17) is 11.6 Å². The van der Waals surface area contributed by atoms with Gasteiger partial charge in [0.05, 0.1) is 11.0 Å². The zero-order chi connectivity index (χ0) is 16.2. The van der Waals surface area contributed by atoms with Gasteiger partial charge in [-0.05, 0) is 43.7 Å². The Hall–Kier alpha value is -2.30. The molecule has 4 aromatic rings. The number of halogens is 1. The van der Waals surface area contributed by atoms with E-state index in [1.54, 1.807) is 6.92 Å². The van der Waals surface area contributed by atoms with E-state index >= 15 is 0 Å². The van der Waals surface area contributed by atoms with Crippen molar-refractivity contribution in [2.75, 3.05) is 0 Å². The quantitative estimate of drug-likeness (QED) is 0.515. The Bertz CT molecular complexity index is 996. The maximum absolute atomic E-state index is 11.3. The largest absolute Gasteiger partial charge is 0.377 e. The summed E-state index contributed by atoms with van der Waals surface area (Å²) >= 11 is 6.48. The molecule has 3 N–H and O–H groups in total. The van der Waals surface area contributed by atoms with E-state index in [0.29, 0.717) is 16.4 Å². The molecule has 0 radical (unpaired) electrons. The van der Waals surface area contributed by atoms with Crippen molar-refractivity contribution in [1.29, 1.82) is 0 Å². The maximum atomic E-state index is 11.3. The number of aryl methyl sites for hydroxylation is 1. The Morgan fingerprint density at radius 3 is 2.78 bits per heavy atom. The number of hydrogen-bond acceptors (Lipinski definition) is 2. The second kappa shape index (κ2) is 4.85. The van der Waals surface area contributed by atoms with E-state index in [-0.39, 0.29) is 0 Å². The minimum Gasteiger partial charge on any atom is -0.377 e. The van der Waals surface area contributed by atoms with Gasteiger partial charge in [-0.2, -0.15) is 0 Å². The van der Waals surface area contributed by atoms with Crippen LogP contribution in [0, 0.1) is 6.92 Å². The van der Waals surface area contributed by atoms with Crippen molar-refractivity contribution < 1.29 is 5.11 Å². The van der Waals surface area contributed by atoms with Gasteiger partial charge < -0.3 is 15.1 Å². The van der Waals surface area contributed by atoms with Crippen LogP contribution in [0.5, 0.6) is 0 Å². The van der Waals surface area contributed by atoms with Crippen molar-refractivity contribution in [3.63, 3.8) is 0 Å². The van der Waals surface area contributed by atoms with E-state index in [1.807, 2.05) is 49.5 Å². The molecule has 23 heavy (non-hydrogen) atoms. The Kier molecular flexibility index (Phi) is 3.01. The molecule has 0 amide bonds. The number of benzene rings is 2. The number of rotatable bonds is 2. The van der Waals surface area contributed by atoms with Crippen LogP contribution in [-0.2, 0) is 5.60 Å². The Morgan fingerprint density at radius 2 is 2.00 bits per heavy atom. The molecular formula is C18H16ClN3O. The zero-order valence-corrected chi connectivity index (χ0v) is 13.6. The summed E-state index contributed by atoms with van der Waals surface area (Å²) in [4.78, 5) is 10.9. The van der Waals surface area contributed by atoms with Gasteiger partial charge in [-0.25, -0.2) is 4.98 Å². The monoisotopic (exact) mass is 325 g/mol. The third-order valence-electron chi connectivity index (χ3n) is 4.33. The summed E-state index contributed by atoms with van der Waals surface area (Å²) in [6.45, 7) is 3.71. The molecule has 0 saturated carbocycles. The van der Waals surface area contributed by atoms with Crippen molar-refractivity contribution in [2.45, 2.75) is 19.4 Å². The molecule has 0 saturated heterocycles. The molecule has 0 spiro atoms. The lowest BCUT2D eigenvalue weighted by Crippen LogP contribution is -2.25. The fraction of sp³-hybridized carbons (Fsp3) is 0.167. The number of nitrogens with one attached hydrogen (secondary N) is 2. The maximum Gasteiger partial charge on any atom is 0.146 e. The van der Waals surface area contributed by atoms with Gasteiger partial charge in [0.2, 0.25) is 0 Å². The van der Waals surface area contributed by atoms with Gasteiger partial charge in [-0.15, -0.1) is 0 Å². The summed E-state index contributed by atoms with van der Waals surface area (Å²) in [6, 6.07) is 11.5. The molecule has 0 bridgehead atoms. The first-order valence-electron chi connectivity index (χ1n) is 7.43. The van der Waals surface area contributed by atoms with Gasteiger partial charge in [-0.1, -0.05) is 23.7 Å². The lowest BCUT2D eigenvalue weighted by atomic mass is 9.91. The molecule has 0 aliphatic heterocycles. The first-order chi connectivity index (χ1) is 11.0. The number of H-pyrrole nitrogens is 2. The van der Waals surface area contributed by atoms with E-state index < -0.39 is 5.60 Å². The second-order valence-corrected chi connectivity index (χ2v) is 6.40. The number of aromatic amines is 2. The number of fused-ring (bicyclic) bond motifs is 2. The number of imidazole rings is 1. The normalized spacial score (nSPS) is 14.4. The summed E-state index contributed by atoms with van der Waals surface area (Å²) in [7, 11) is 0. The molecule has 2 aromatic carbocycles. The summed E-state index contributed by atoms with van der Waals surface area (Å²) in [6.07, 6.45) is 1.85. The molecule has 0 fully saturated rings. The molecule has 0 aliphatic rings. The molecule has 4 rings (SSSR count). The van der Waals surface area contributed by atoms with Gasteiger partial charge >= 0.3 is 0 Å². The van der Waals surface area contributed by atoms with E-state index in [2.05, 4.69) is 15.0 Å². The fourth-order valence-electron chi connectivity index (χ4n) is 3.16. The van der Waals surface area contributed by atoms with E-state index in [1.165, 1.54) is 0 Å². The predicted molar refractivity (Wildman–Crippen MR) is 92.8 cm³/mol. The molecule has 1 unspecified atom stereocenters. The van der Waals surface area contributed by atoms with Crippen LogP contribution in [-0.4, -0.2) is 20.1 Å². The van der Waals surface area contributed by atoms with Gasteiger partial charge in [-0.3, -0.25) is 0 Å². The van der Waals surface area contributed by atoms with Crippen molar-refractivity contribution >= 4 is 33.5 Å². The highest BCUT2D eigenvalue weighted by Gasteiger charge is 2.34. The van der Waals surface area contributed by atoms with Crippen LogP contribution < -0.4 is 0 Å². The Labute approximate surface area is 138 Å². The molecule has 116 valence electrons. The molecule has 5 heteroatoms. The number of para-hydroxylation sites is 2. The highest BCUT2D eigenvalue weighted by atomic mass is 35.5. The standard InChI is InChI=1S/C18H16ClN3O/c1-10-9-12(19)15(11-7-8-20-16(10)11)18(2,23)17-21-13-5-3-4-6-14(13)22-17/h3-9,20,23H,1-2H3,(H,21,22). The number of nitrogens with zero attached hydrogens (tertiary/aromatic N) is 1. The van der Waals surface area contributed by atoms with Gasteiger partial charge in [0.1, 0.15) is 11.4 Å². The molecule has 2 heterocycles. The average Bonchev–Trinajstić information content (AvgIpc) is 3.13. The topological polar surface area (TPSA) is 64.7 Å². The highest BCUT2D eigenvalue weighted by molar-refractivity contribution is 6.32. The summed E-state index contributed by atoms with van der Waals surface area (Å²) in [5.41, 5.74) is 3.04. The van der Waals surface area contributed by atoms with Crippen molar-refractivity contribution in [1.82, 2.24) is 15.0 Å². The van der Waals surface area contributed by atoms with Crippen LogP contribution >= 0.6 is 11.6 Å². The first-order valence-corrected chi connectivity index (χ1v) is 7.80. The summed E-state index contributed by atoms with van der Waals surface area (Å²) in [5, 5.41) is 12.7. The van der Waals surface area contributed by atoms with Gasteiger partial charge in [0, 0.05) is 27.7 Å². The van der Waals surface area contributed by atoms with Crippen molar-refractivity contribution in [3.8, 4) is 0 Å². The van der Waals surface area contributed by atoms with Crippen LogP contribution in [0.3, 0.4) is 0 Å². The minimum atomic E-state index is -1.33. The highest BCUT2D eigenvalue weighted by Crippen LogP contribution is 2.39. The zero-order valence-electron chi connectivity index (χ0n) is 12.8. The van der Waals surface area contributed by atoms with Crippen LogP contribution in [0.1, 0.15) is 23.9 Å². The molecule has 1 atom stereocenters. The first kappa shape index (κ1) is 14.3. The van der Waals surface area contributed by atoms with Crippen molar-refractivity contribution in [2.24, 2.45) is 0 Å². The molecule has 4 nitrogen and oxygen atoms in total. The van der Waals surface area contributed by atoms with Crippen LogP contribution in [0.25, 0.3) is 21.9 Å². The molecule has 2 aromatic heterocycles. The van der Waals surface area contributed by atoms with Gasteiger partial charge in [0.15, 0.2) is 0 Å². The molecule has 0 aliphatic carbocycles. The van der Waals surface area contributed by atoms with Crippen LogP contribution in [0.2, 0.25) is 5.02 Å². The third-order valence-corrected chi connectivity index (χ3v) is 4.63. The van der Waals surface area contributed by atoms with Crippen LogP contribution in [0.4, 0.5) is 0 Å². The number of aromatic nitrogens is 3. The second-order valence-electron chi connectivity index (χ2n) is 5.99. The fourth-order valence-corrected chi connectivity index (χ4v) is 3.61. The Balaban J connectivity index is 2.00. The summed E-state index contributed by atoms with van der Waals surface area (Å²) < 4.78 is 0. The Morgan fingerprint density at radius 1 is 1.22 bits per heavy atom. The number of aliphatic hydroxyl groups is 1. The van der Waals surface area contributed by atoms with Gasteiger partial charge in [0.25, 0.3) is 0 Å². The van der Waals surface area contributed by atoms with Crippen LogP contribution in [0.15, 0.2) is 42.6 Å². The van der Waals surface area contributed by atoms with Crippen molar-refractivity contribution in [3.05, 3.63) is 64.6 Å². The number of hydrogen-bond donors (Lipinski definition) is 3. The smallest absolute Gasteiger partial charge is 0.146 e. The molecular weight excluding hydrogens is 310 g/mol. The SMILES string of the molecule is Cc1cc(Cl)c(C(C)(O)c2nc3ccccc3[nH]2)c2cc[nH]c12. The summed E-state index contributed by atoms with van der Waals surface area (Å²) in [5.74, 6) is 0.479. The van der Waals surface area contributed by atoms with E-state index in [0.717, 1.165) is 27.5 Å². The predicted octanol–water partition coefficient (Wildman–Crippen LogP) is 4.26. The lowest BCUT2D eigenvalue weighted by molar-refractivity contribution is 0.0952. The third kappa shape index (κ3) is 2.06. The minimum absolute atomic E-state index is 0.479.